The largest absolute Gasteiger partial charge is 0.457 e. The molecule has 0 radical (unpaired) electrons. The molecule has 6 fully saturated rings. The molecule has 8 rings (SSSR count). The Hall–Kier alpha value is -2.52. The zero-order valence-corrected chi connectivity index (χ0v) is 22.0. The van der Waals surface area contributed by atoms with Gasteiger partial charge in [0.1, 0.15) is 17.6 Å². The van der Waals surface area contributed by atoms with Crippen LogP contribution in [-0.2, 0) is 21.3 Å². The molecule has 2 aromatic rings. The van der Waals surface area contributed by atoms with Crippen LogP contribution in [0.2, 0.25) is 0 Å². The molecule has 8 heteroatoms. The van der Waals surface area contributed by atoms with E-state index in [1.165, 1.54) is 0 Å². The SMILES string of the molecule is C=C1C(=O)[C@]23[C@H](OC(=O)c4cn(C)c5ccccc45)[C@H]1CC[C@H]2[C@@]12CO[C@]3(O)[C@@H](O)[C@@H]1C(C)(C)CC[C@@H]2O. The van der Waals surface area contributed by atoms with Crippen LogP contribution in [-0.4, -0.2) is 62.3 Å². The summed E-state index contributed by atoms with van der Waals surface area (Å²) in [6.07, 6.45) is 0.637. The number of aromatic nitrogens is 1. The Balaban J connectivity index is 1.40. The van der Waals surface area contributed by atoms with E-state index in [-0.39, 0.29) is 12.2 Å². The fourth-order valence-electron chi connectivity index (χ4n) is 9.72. The summed E-state index contributed by atoms with van der Waals surface area (Å²) in [4.78, 5) is 28.0. The number of Topliss-reactive ketones (excluding diaryl/α,β-unsaturated/α-hetero) is 1. The topological polar surface area (TPSA) is 118 Å². The molecule has 4 aliphatic carbocycles. The van der Waals surface area contributed by atoms with Gasteiger partial charge in [-0.2, -0.15) is 0 Å². The summed E-state index contributed by atoms with van der Waals surface area (Å²) in [6, 6.07) is 7.50. The van der Waals surface area contributed by atoms with E-state index >= 15 is 0 Å². The summed E-state index contributed by atoms with van der Waals surface area (Å²) in [5.74, 6) is -4.81. The Morgan fingerprint density at radius 3 is 2.68 bits per heavy atom. The van der Waals surface area contributed by atoms with Crippen LogP contribution in [0.3, 0.4) is 0 Å². The predicted octanol–water partition coefficient (Wildman–Crippen LogP) is 2.73. The number of aliphatic hydroxyl groups excluding tert-OH is 2. The van der Waals surface area contributed by atoms with Gasteiger partial charge in [0.15, 0.2) is 5.78 Å². The third-order valence-electron chi connectivity index (χ3n) is 11.2. The number of ether oxygens (including phenoxy) is 2. The molecular formula is C30H35NO7. The number of para-hydroxylation sites is 1. The fraction of sp³-hybridized carbons (Fsp3) is 0.600. The van der Waals surface area contributed by atoms with Crippen LogP contribution in [0.5, 0.6) is 0 Å². The summed E-state index contributed by atoms with van der Waals surface area (Å²) in [7, 11) is 1.85. The second-order valence-electron chi connectivity index (χ2n) is 13.0. The number of carbonyl (C=O) groups excluding carboxylic acids is 2. The first kappa shape index (κ1) is 24.5. The molecule has 4 bridgehead atoms. The van der Waals surface area contributed by atoms with E-state index < -0.39 is 69.9 Å². The molecule has 0 amide bonds. The van der Waals surface area contributed by atoms with Crippen LogP contribution in [0.25, 0.3) is 10.9 Å². The van der Waals surface area contributed by atoms with Crippen molar-refractivity contribution in [2.24, 2.45) is 41.0 Å². The summed E-state index contributed by atoms with van der Waals surface area (Å²) in [5.41, 5.74) is -1.58. The second-order valence-corrected chi connectivity index (χ2v) is 13.0. The van der Waals surface area contributed by atoms with Gasteiger partial charge in [-0.05, 0) is 48.7 Å². The van der Waals surface area contributed by atoms with Crippen LogP contribution < -0.4 is 0 Å². The number of carbonyl (C=O) groups is 2. The van der Waals surface area contributed by atoms with Crippen molar-refractivity contribution in [3.8, 4) is 0 Å². The van der Waals surface area contributed by atoms with E-state index in [4.69, 9.17) is 9.47 Å². The van der Waals surface area contributed by atoms with Gasteiger partial charge in [0.2, 0.25) is 5.79 Å². The maximum atomic E-state index is 14.2. The molecule has 202 valence electrons. The highest BCUT2D eigenvalue weighted by atomic mass is 16.6. The minimum Gasteiger partial charge on any atom is -0.457 e. The van der Waals surface area contributed by atoms with Crippen LogP contribution in [0, 0.1) is 34.0 Å². The monoisotopic (exact) mass is 521 g/mol. The number of hydrogen-bond acceptors (Lipinski definition) is 7. The molecule has 1 aromatic heterocycles. The van der Waals surface area contributed by atoms with Crippen molar-refractivity contribution >= 4 is 22.7 Å². The zero-order chi connectivity index (χ0) is 27.0. The average Bonchev–Trinajstić information content (AvgIpc) is 3.27. The van der Waals surface area contributed by atoms with Crippen molar-refractivity contribution < 1.29 is 34.4 Å². The van der Waals surface area contributed by atoms with Gasteiger partial charge in [-0.15, -0.1) is 0 Å². The highest BCUT2D eigenvalue weighted by Gasteiger charge is 2.87. The van der Waals surface area contributed by atoms with E-state index in [0.717, 1.165) is 10.9 Å². The molecule has 4 saturated carbocycles. The van der Waals surface area contributed by atoms with Crippen LogP contribution in [0.1, 0.15) is 49.9 Å². The summed E-state index contributed by atoms with van der Waals surface area (Å²) in [5, 5.41) is 36.5. The van der Waals surface area contributed by atoms with Gasteiger partial charge in [0.05, 0.1) is 18.3 Å². The third kappa shape index (κ3) is 2.47. The number of nitrogens with zero attached hydrogens (tertiary/aromatic N) is 1. The summed E-state index contributed by atoms with van der Waals surface area (Å²) >= 11 is 0. The third-order valence-corrected chi connectivity index (χ3v) is 11.2. The first-order valence-corrected chi connectivity index (χ1v) is 13.6. The van der Waals surface area contributed by atoms with Gasteiger partial charge in [-0.25, -0.2) is 4.79 Å². The van der Waals surface area contributed by atoms with E-state index in [0.29, 0.717) is 31.2 Å². The minimum absolute atomic E-state index is 0.0383. The van der Waals surface area contributed by atoms with Crippen molar-refractivity contribution in [1.82, 2.24) is 4.57 Å². The van der Waals surface area contributed by atoms with Crippen molar-refractivity contribution in [2.45, 2.75) is 63.6 Å². The van der Waals surface area contributed by atoms with Crippen molar-refractivity contribution in [3.05, 3.63) is 48.2 Å². The van der Waals surface area contributed by atoms with Crippen molar-refractivity contribution in [1.29, 1.82) is 0 Å². The summed E-state index contributed by atoms with van der Waals surface area (Å²) in [6.45, 7) is 8.21. The number of aliphatic hydroxyl groups is 3. The fourth-order valence-corrected chi connectivity index (χ4v) is 9.72. The lowest BCUT2D eigenvalue weighted by atomic mass is 9.35. The lowest BCUT2D eigenvalue weighted by Crippen LogP contribution is -2.85. The maximum Gasteiger partial charge on any atom is 0.340 e. The number of rotatable bonds is 2. The quantitative estimate of drug-likeness (QED) is 0.411. The summed E-state index contributed by atoms with van der Waals surface area (Å²) < 4.78 is 14.2. The molecule has 3 heterocycles. The van der Waals surface area contributed by atoms with E-state index in [1.54, 1.807) is 6.20 Å². The Morgan fingerprint density at radius 1 is 1.18 bits per heavy atom. The van der Waals surface area contributed by atoms with E-state index in [2.05, 4.69) is 6.58 Å². The van der Waals surface area contributed by atoms with Gasteiger partial charge in [-0.3, -0.25) is 4.79 Å². The molecule has 38 heavy (non-hydrogen) atoms. The Kier molecular flexibility index (Phi) is 4.75. The molecule has 0 unspecified atom stereocenters. The van der Waals surface area contributed by atoms with Crippen LogP contribution in [0.4, 0.5) is 0 Å². The van der Waals surface area contributed by atoms with Gasteiger partial charge in [0, 0.05) is 41.4 Å². The number of fused-ring (bicyclic) bond motifs is 3. The van der Waals surface area contributed by atoms with Crippen LogP contribution >= 0.6 is 0 Å². The van der Waals surface area contributed by atoms with Gasteiger partial charge in [-0.1, -0.05) is 38.6 Å². The molecule has 3 N–H and O–H groups in total. The number of aryl methyl sites for hydroxylation is 1. The lowest BCUT2D eigenvalue weighted by Gasteiger charge is -2.74. The Bertz CT molecular complexity index is 1410. The lowest BCUT2D eigenvalue weighted by molar-refractivity contribution is -0.457. The predicted molar refractivity (Wildman–Crippen MR) is 137 cm³/mol. The molecular weight excluding hydrogens is 486 g/mol. The molecule has 2 aliphatic heterocycles. The molecule has 2 spiro atoms. The number of benzene rings is 1. The van der Waals surface area contributed by atoms with E-state index in [9.17, 15) is 24.9 Å². The Morgan fingerprint density at radius 2 is 1.92 bits per heavy atom. The smallest absolute Gasteiger partial charge is 0.340 e. The van der Waals surface area contributed by atoms with Gasteiger partial charge >= 0.3 is 5.97 Å². The highest BCUT2D eigenvalue weighted by Crippen LogP contribution is 2.76. The normalized spacial score (nSPS) is 44.7. The number of ketones is 1. The molecule has 8 nitrogen and oxygen atoms in total. The number of hydrogen-bond donors (Lipinski definition) is 3. The molecule has 1 aromatic carbocycles. The van der Waals surface area contributed by atoms with Crippen molar-refractivity contribution in [3.63, 3.8) is 0 Å². The molecule has 9 atom stereocenters. The zero-order valence-electron chi connectivity index (χ0n) is 22.0. The maximum absolute atomic E-state index is 14.2. The highest BCUT2D eigenvalue weighted by molar-refractivity contribution is 6.07. The second kappa shape index (κ2) is 7.36. The van der Waals surface area contributed by atoms with Crippen molar-refractivity contribution in [2.75, 3.05) is 6.61 Å². The average molecular weight is 522 g/mol. The minimum atomic E-state index is -2.27. The van der Waals surface area contributed by atoms with Gasteiger partial charge < -0.3 is 29.4 Å². The van der Waals surface area contributed by atoms with E-state index in [1.807, 2.05) is 49.7 Å². The molecule has 6 aliphatic rings. The molecule has 2 saturated heterocycles. The Labute approximate surface area is 221 Å². The number of esters is 1. The first-order chi connectivity index (χ1) is 17.9. The van der Waals surface area contributed by atoms with Gasteiger partial charge in [0.25, 0.3) is 0 Å². The standard InChI is InChI=1S/C30H35NO7/c1-15-16-9-10-20-28-14-37-30(36,24(34)22(28)27(2,3)12-11-21(28)32)29(20,23(15)33)25(16)38-26(35)18-13-31(4)19-8-6-5-7-17(18)19/h5-8,13,16,20-22,24-25,32,34,36H,1,9-12,14H2,2-4H3/t16-,20-,21-,22+,24-,25+,28+,29-,30+/m0/s1. The first-order valence-electron chi connectivity index (χ1n) is 13.6. The van der Waals surface area contributed by atoms with Crippen LogP contribution in [0.15, 0.2) is 42.6 Å².